The number of carbonyl (C=O) groups excluding carboxylic acids is 2. The van der Waals surface area contributed by atoms with Crippen LogP contribution in [0.4, 0.5) is 0 Å². The summed E-state index contributed by atoms with van der Waals surface area (Å²) in [6.07, 6.45) is 88.5. The summed E-state index contributed by atoms with van der Waals surface area (Å²) in [7, 11) is 0. The SMILES string of the molecule is CCCCC/C=C\C/C=C\CCCCCCCCCCCC(=O)OCCCCC/C=C\C/C=C\CCCCCCCCCC(=O)NC(CO)C(O)/C=C/CCCCCCCCCCCCCCCCCCCCCCCCC. The lowest BCUT2D eigenvalue weighted by Gasteiger charge is -2.20. The quantitative estimate of drug-likeness (QED) is 0.0320. The monoisotopic (exact) mass is 1090 g/mol. The van der Waals surface area contributed by atoms with Crippen LogP contribution in [0.25, 0.3) is 0 Å². The molecule has 6 heteroatoms. The number of amides is 1. The third kappa shape index (κ3) is 62.8. The molecule has 0 aromatic carbocycles. The van der Waals surface area contributed by atoms with Crippen molar-refractivity contribution >= 4 is 11.9 Å². The van der Waals surface area contributed by atoms with E-state index in [1.807, 2.05) is 6.08 Å². The lowest BCUT2D eigenvalue weighted by atomic mass is 10.0. The minimum Gasteiger partial charge on any atom is -0.466 e. The topological polar surface area (TPSA) is 95.9 Å². The lowest BCUT2D eigenvalue weighted by molar-refractivity contribution is -0.143. The molecule has 2 unspecified atom stereocenters. The summed E-state index contributed by atoms with van der Waals surface area (Å²) in [5, 5.41) is 23.3. The third-order valence-electron chi connectivity index (χ3n) is 15.8. The van der Waals surface area contributed by atoms with Crippen molar-refractivity contribution in [3.8, 4) is 0 Å². The van der Waals surface area contributed by atoms with Gasteiger partial charge >= 0.3 is 5.97 Å². The van der Waals surface area contributed by atoms with Crippen molar-refractivity contribution in [2.75, 3.05) is 13.2 Å². The van der Waals surface area contributed by atoms with Gasteiger partial charge in [-0.2, -0.15) is 0 Å². The maximum Gasteiger partial charge on any atom is 0.305 e. The van der Waals surface area contributed by atoms with E-state index < -0.39 is 12.1 Å². The van der Waals surface area contributed by atoms with Crippen molar-refractivity contribution in [2.24, 2.45) is 0 Å². The molecule has 0 aliphatic rings. The Hall–Kier alpha value is -2.44. The van der Waals surface area contributed by atoms with Crippen LogP contribution in [-0.4, -0.2) is 47.4 Å². The molecule has 0 saturated carbocycles. The Balaban J connectivity index is 3.51. The fourth-order valence-electron chi connectivity index (χ4n) is 10.5. The molecule has 0 radical (unpaired) electrons. The second-order valence-corrected chi connectivity index (χ2v) is 23.5. The molecule has 0 heterocycles. The number of hydrogen-bond acceptors (Lipinski definition) is 5. The summed E-state index contributed by atoms with van der Waals surface area (Å²) in [4.78, 5) is 24.6. The number of rotatable bonds is 64. The van der Waals surface area contributed by atoms with E-state index in [0.717, 1.165) is 89.9 Å². The predicted molar refractivity (Wildman–Crippen MR) is 342 cm³/mol. The van der Waals surface area contributed by atoms with Gasteiger partial charge in [0.15, 0.2) is 0 Å². The molecule has 0 aliphatic carbocycles. The summed E-state index contributed by atoms with van der Waals surface area (Å²) in [5.74, 6) is -0.102. The molecule has 0 spiro atoms. The maximum absolute atomic E-state index is 12.5. The Morgan fingerprint density at radius 3 is 1.00 bits per heavy atom. The van der Waals surface area contributed by atoms with Crippen LogP contribution in [0, 0.1) is 0 Å². The molecule has 456 valence electrons. The highest BCUT2D eigenvalue weighted by atomic mass is 16.5. The van der Waals surface area contributed by atoms with Crippen LogP contribution in [-0.2, 0) is 14.3 Å². The van der Waals surface area contributed by atoms with E-state index in [0.29, 0.717) is 19.4 Å². The molecule has 0 aromatic rings. The Morgan fingerprint density at radius 2 is 0.641 bits per heavy atom. The van der Waals surface area contributed by atoms with Gasteiger partial charge in [-0.15, -0.1) is 0 Å². The first-order valence-corrected chi connectivity index (χ1v) is 34.6. The number of ether oxygens (including phenoxy) is 1. The number of aliphatic hydroxyl groups excluding tert-OH is 2. The van der Waals surface area contributed by atoms with Crippen molar-refractivity contribution in [3.63, 3.8) is 0 Å². The molecule has 6 nitrogen and oxygen atoms in total. The van der Waals surface area contributed by atoms with Crippen LogP contribution in [0.2, 0.25) is 0 Å². The molecule has 0 aliphatic heterocycles. The first-order chi connectivity index (χ1) is 38.5. The van der Waals surface area contributed by atoms with Crippen LogP contribution in [0.15, 0.2) is 60.8 Å². The van der Waals surface area contributed by atoms with Crippen molar-refractivity contribution < 1.29 is 24.5 Å². The van der Waals surface area contributed by atoms with Crippen molar-refractivity contribution in [3.05, 3.63) is 60.8 Å². The minimum atomic E-state index is -0.859. The highest BCUT2D eigenvalue weighted by molar-refractivity contribution is 5.76. The molecule has 0 aromatic heterocycles. The van der Waals surface area contributed by atoms with Gasteiger partial charge in [0.1, 0.15) is 0 Å². The van der Waals surface area contributed by atoms with Gasteiger partial charge in [0, 0.05) is 12.8 Å². The zero-order chi connectivity index (χ0) is 56.4. The fourth-order valence-corrected chi connectivity index (χ4v) is 10.5. The molecule has 0 saturated heterocycles. The first-order valence-electron chi connectivity index (χ1n) is 34.6. The highest BCUT2D eigenvalue weighted by Crippen LogP contribution is 2.18. The van der Waals surface area contributed by atoms with Gasteiger partial charge in [-0.25, -0.2) is 0 Å². The minimum absolute atomic E-state index is 0.0200. The summed E-state index contributed by atoms with van der Waals surface area (Å²) < 4.78 is 5.47. The number of unbranched alkanes of at least 4 members (excludes halogenated alkanes) is 45. The third-order valence-corrected chi connectivity index (χ3v) is 15.8. The van der Waals surface area contributed by atoms with Crippen LogP contribution in [0.3, 0.4) is 0 Å². The molecule has 78 heavy (non-hydrogen) atoms. The van der Waals surface area contributed by atoms with Crippen LogP contribution in [0.1, 0.15) is 361 Å². The molecule has 0 rings (SSSR count). The molecule has 0 bridgehead atoms. The van der Waals surface area contributed by atoms with Gasteiger partial charge < -0.3 is 20.3 Å². The van der Waals surface area contributed by atoms with E-state index in [4.69, 9.17) is 4.74 Å². The number of esters is 1. The lowest BCUT2D eigenvalue weighted by Crippen LogP contribution is -2.45. The number of nitrogens with one attached hydrogen (secondary N) is 1. The first kappa shape index (κ1) is 75.6. The zero-order valence-corrected chi connectivity index (χ0v) is 52.1. The van der Waals surface area contributed by atoms with E-state index >= 15 is 0 Å². The van der Waals surface area contributed by atoms with Gasteiger partial charge in [-0.1, -0.05) is 306 Å². The fraction of sp³-hybridized carbons (Fsp3) is 0.833. The molecule has 3 N–H and O–H groups in total. The second-order valence-electron chi connectivity index (χ2n) is 23.5. The predicted octanol–water partition coefficient (Wildman–Crippen LogP) is 22.3. The van der Waals surface area contributed by atoms with E-state index in [1.54, 1.807) is 6.08 Å². The van der Waals surface area contributed by atoms with Crippen molar-refractivity contribution in [1.82, 2.24) is 5.32 Å². The smallest absolute Gasteiger partial charge is 0.305 e. The van der Waals surface area contributed by atoms with E-state index in [-0.39, 0.29) is 18.5 Å². The van der Waals surface area contributed by atoms with Crippen molar-refractivity contribution in [1.29, 1.82) is 0 Å². The number of carbonyl (C=O) groups is 2. The average molecular weight is 1090 g/mol. The van der Waals surface area contributed by atoms with Gasteiger partial charge in [-0.05, 0) is 103 Å². The van der Waals surface area contributed by atoms with Crippen molar-refractivity contribution in [2.45, 2.75) is 373 Å². The normalized spacial score (nSPS) is 12.9. The Kier molecular flexibility index (Phi) is 65.0. The van der Waals surface area contributed by atoms with Gasteiger partial charge in [0.2, 0.25) is 5.91 Å². The zero-order valence-electron chi connectivity index (χ0n) is 52.1. The Bertz CT molecular complexity index is 1350. The maximum atomic E-state index is 12.5. The van der Waals surface area contributed by atoms with E-state index in [1.165, 1.54) is 244 Å². The van der Waals surface area contributed by atoms with E-state index in [9.17, 15) is 19.8 Å². The molecular weight excluding hydrogens is 959 g/mol. The van der Waals surface area contributed by atoms with Gasteiger partial charge in [0.25, 0.3) is 0 Å². The summed E-state index contributed by atoms with van der Waals surface area (Å²) in [6.45, 7) is 4.86. The molecule has 1 amide bonds. The van der Waals surface area contributed by atoms with E-state index in [2.05, 4.69) is 67.8 Å². The van der Waals surface area contributed by atoms with Crippen LogP contribution >= 0.6 is 0 Å². The van der Waals surface area contributed by atoms with Crippen LogP contribution < -0.4 is 5.32 Å². The number of aliphatic hydroxyl groups is 2. The Labute approximate surface area is 486 Å². The molecule has 0 fully saturated rings. The second kappa shape index (κ2) is 67.1. The standard InChI is InChI=1S/C72H133NO5/c1-3-5-7-9-11-13-15-17-19-21-23-24-25-26-27-28-30-32-36-40-44-48-52-56-60-64-70(75)69(68-74)73-71(76)65-61-57-53-49-45-41-37-33-31-35-39-43-47-51-55-59-63-67-78-72(77)66-62-58-54-50-46-42-38-34-29-22-20-18-16-14-12-10-8-6-4-2/h12,14,18,20,31,35,43,47,60,64,69-70,74-75H,3-11,13,15-17,19,21-30,32-34,36-42,44-46,48-59,61-63,65-68H2,1-2H3,(H,73,76)/b14-12-,20-18-,35-31-,47-43-,64-60+. The van der Waals surface area contributed by atoms with Gasteiger partial charge in [-0.3, -0.25) is 9.59 Å². The van der Waals surface area contributed by atoms with Crippen LogP contribution in [0.5, 0.6) is 0 Å². The average Bonchev–Trinajstić information content (AvgIpc) is 3.44. The number of hydrogen-bond donors (Lipinski definition) is 3. The van der Waals surface area contributed by atoms with Gasteiger partial charge in [0.05, 0.1) is 25.4 Å². The largest absolute Gasteiger partial charge is 0.466 e. The molecular formula is C72H133NO5. The number of allylic oxidation sites excluding steroid dienone is 9. The summed E-state index contributed by atoms with van der Waals surface area (Å²) >= 11 is 0. The molecule has 2 atom stereocenters. The Morgan fingerprint density at radius 1 is 0.359 bits per heavy atom. The summed E-state index contributed by atoms with van der Waals surface area (Å²) in [5.41, 5.74) is 0. The highest BCUT2D eigenvalue weighted by Gasteiger charge is 2.18. The summed E-state index contributed by atoms with van der Waals surface area (Å²) in [6, 6.07) is -0.643.